The first-order valence-corrected chi connectivity index (χ1v) is 11.0. The number of carbonyl (C=O) groups is 1. The van der Waals surface area contributed by atoms with Crippen molar-refractivity contribution in [1.82, 2.24) is 19.5 Å². The Bertz CT molecular complexity index is 1350. The van der Waals surface area contributed by atoms with Crippen molar-refractivity contribution in [1.29, 1.82) is 0 Å². The molecular weight excluding hydrogens is 486 g/mol. The number of nitrogens with two attached hydrogens (primary N) is 1. The van der Waals surface area contributed by atoms with Gasteiger partial charge < -0.3 is 20.3 Å². The van der Waals surface area contributed by atoms with E-state index in [4.69, 9.17) is 33.7 Å². The minimum absolute atomic E-state index is 0.00269. The van der Waals surface area contributed by atoms with Crippen LogP contribution in [0.1, 0.15) is 6.92 Å². The number of anilines is 2. The van der Waals surface area contributed by atoms with Gasteiger partial charge >= 0.3 is 0 Å². The average molecular weight is 507 g/mol. The standard InChI is InChI=1S/C22H21Cl2FN6O3/c1-4-16(32)29-5-6-30(11(2)9-29)21-14-8-15(34-3)17(22(33)31(14)28-10-27-21)18-19(25)12(23)7-13(24)20(18)26/h4,7-8,10-11H,1,5-6,9,26H2,2-3H3/t11-/m0/s1. The molecule has 12 heteroatoms. The Kier molecular flexibility index (Phi) is 6.37. The van der Waals surface area contributed by atoms with Crippen LogP contribution >= 0.6 is 23.2 Å². The van der Waals surface area contributed by atoms with Gasteiger partial charge in [0.1, 0.15) is 17.6 Å². The lowest BCUT2D eigenvalue weighted by atomic mass is 10.0. The van der Waals surface area contributed by atoms with Crippen LogP contribution in [0, 0.1) is 5.82 Å². The van der Waals surface area contributed by atoms with E-state index in [1.807, 2.05) is 11.8 Å². The molecule has 0 spiro atoms. The maximum absolute atomic E-state index is 15.0. The molecule has 34 heavy (non-hydrogen) atoms. The highest BCUT2D eigenvalue weighted by molar-refractivity contribution is 6.37. The number of fused-ring (bicyclic) bond motifs is 1. The summed E-state index contributed by atoms with van der Waals surface area (Å²) in [4.78, 5) is 33.6. The van der Waals surface area contributed by atoms with Gasteiger partial charge in [-0.3, -0.25) is 9.59 Å². The second kappa shape index (κ2) is 9.11. The molecule has 1 saturated heterocycles. The minimum Gasteiger partial charge on any atom is -0.496 e. The number of nitrogens with zero attached hydrogens (tertiary/aromatic N) is 5. The van der Waals surface area contributed by atoms with E-state index < -0.39 is 11.4 Å². The van der Waals surface area contributed by atoms with Crippen molar-refractivity contribution in [3.63, 3.8) is 0 Å². The maximum atomic E-state index is 15.0. The molecule has 0 saturated carbocycles. The van der Waals surface area contributed by atoms with Gasteiger partial charge in [-0.25, -0.2) is 9.37 Å². The lowest BCUT2D eigenvalue weighted by Gasteiger charge is -2.40. The number of ether oxygens (including phenoxy) is 1. The van der Waals surface area contributed by atoms with Crippen LogP contribution in [0.4, 0.5) is 15.9 Å². The smallest absolute Gasteiger partial charge is 0.283 e. The molecule has 178 valence electrons. The van der Waals surface area contributed by atoms with E-state index in [2.05, 4.69) is 16.7 Å². The van der Waals surface area contributed by atoms with Crippen LogP contribution < -0.4 is 20.9 Å². The largest absolute Gasteiger partial charge is 0.496 e. The van der Waals surface area contributed by atoms with Crippen LogP contribution in [0.3, 0.4) is 0 Å². The van der Waals surface area contributed by atoms with E-state index in [9.17, 15) is 9.59 Å². The van der Waals surface area contributed by atoms with Gasteiger partial charge in [-0.1, -0.05) is 29.8 Å². The lowest BCUT2D eigenvalue weighted by Crippen LogP contribution is -2.53. The van der Waals surface area contributed by atoms with Crippen LogP contribution in [0.25, 0.3) is 16.6 Å². The molecule has 3 heterocycles. The van der Waals surface area contributed by atoms with E-state index in [1.165, 1.54) is 31.6 Å². The third kappa shape index (κ3) is 3.82. The van der Waals surface area contributed by atoms with Crippen LogP contribution in [0.15, 0.2) is 35.9 Å². The predicted molar refractivity (Wildman–Crippen MR) is 129 cm³/mol. The molecule has 1 aliphatic heterocycles. The first kappa shape index (κ1) is 23.8. The summed E-state index contributed by atoms with van der Waals surface area (Å²) >= 11 is 12.1. The number of aromatic nitrogens is 3. The van der Waals surface area contributed by atoms with Crippen molar-refractivity contribution < 1.29 is 13.9 Å². The Hall–Kier alpha value is -3.37. The molecule has 0 bridgehead atoms. The van der Waals surface area contributed by atoms with Crippen molar-refractivity contribution >= 4 is 46.1 Å². The highest BCUT2D eigenvalue weighted by Crippen LogP contribution is 2.41. The van der Waals surface area contributed by atoms with Crippen molar-refractivity contribution in [2.75, 3.05) is 37.4 Å². The first-order valence-electron chi connectivity index (χ1n) is 10.3. The number of piperazine rings is 1. The fourth-order valence-electron chi connectivity index (χ4n) is 4.12. The van der Waals surface area contributed by atoms with E-state index in [1.54, 1.807) is 4.90 Å². The summed E-state index contributed by atoms with van der Waals surface area (Å²) < 4.78 is 21.6. The molecule has 1 aliphatic rings. The number of halogens is 3. The highest BCUT2D eigenvalue weighted by atomic mass is 35.5. The van der Waals surface area contributed by atoms with Crippen molar-refractivity contribution in [2.45, 2.75) is 13.0 Å². The van der Waals surface area contributed by atoms with Crippen LogP contribution in [0.2, 0.25) is 10.0 Å². The number of methoxy groups -OCH3 is 1. The molecule has 2 aromatic heterocycles. The average Bonchev–Trinajstić information content (AvgIpc) is 2.83. The molecule has 1 atom stereocenters. The molecule has 3 aromatic rings. The topological polar surface area (TPSA) is 106 Å². The fraction of sp³-hybridized carbons (Fsp3) is 0.273. The molecule has 9 nitrogen and oxygen atoms in total. The van der Waals surface area contributed by atoms with Crippen molar-refractivity contribution in [3.8, 4) is 16.9 Å². The Morgan fingerprint density at radius 2 is 2.03 bits per heavy atom. The number of amides is 1. The number of nitrogen functional groups attached to an aromatic ring is 1. The van der Waals surface area contributed by atoms with Gasteiger partial charge in [0.2, 0.25) is 5.91 Å². The summed E-state index contributed by atoms with van der Waals surface area (Å²) in [5.41, 5.74) is 5.10. The summed E-state index contributed by atoms with van der Waals surface area (Å²) in [5, 5.41) is 3.80. The monoisotopic (exact) mass is 506 g/mol. The Labute approximate surface area is 204 Å². The number of hydrogen-bond acceptors (Lipinski definition) is 7. The summed E-state index contributed by atoms with van der Waals surface area (Å²) in [7, 11) is 1.35. The molecule has 1 aromatic carbocycles. The van der Waals surface area contributed by atoms with E-state index in [0.717, 1.165) is 4.52 Å². The quantitative estimate of drug-likeness (QED) is 0.329. The van der Waals surface area contributed by atoms with E-state index in [-0.39, 0.29) is 44.6 Å². The third-order valence-corrected chi connectivity index (χ3v) is 6.38. The van der Waals surface area contributed by atoms with Gasteiger partial charge in [-0.05, 0) is 19.1 Å². The SMILES string of the molecule is C=CC(=O)N1CCN(c2ncnn3c(=O)c(-c4c(N)c(Cl)cc(Cl)c4F)c(OC)cc23)[C@@H](C)C1. The molecule has 2 N–H and O–H groups in total. The predicted octanol–water partition coefficient (Wildman–Crippen LogP) is 3.02. The van der Waals surface area contributed by atoms with Crippen molar-refractivity contribution in [3.05, 3.63) is 57.3 Å². The van der Waals surface area contributed by atoms with Gasteiger partial charge in [0.05, 0.1) is 34.0 Å². The zero-order chi connectivity index (χ0) is 24.7. The highest BCUT2D eigenvalue weighted by Gasteiger charge is 2.30. The molecule has 4 rings (SSSR count). The van der Waals surface area contributed by atoms with Gasteiger partial charge in [-0.2, -0.15) is 9.61 Å². The second-order valence-corrected chi connectivity index (χ2v) is 8.56. The van der Waals surface area contributed by atoms with Gasteiger partial charge in [0.15, 0.2) is 11.6 Å². The Morgan fingerprint density at radius 1 is 1.29 bits per heavy atom. The normalized spacial score (nSPS) is 16.1. The third-order valence-electron chi connectivity index (χ3n) is 5.79. The number of pyridine rings is 1. The summed E-state index contributed by atoms with van der Waals surface area (Å²) in [6.07, 6.45) is 2.51. The van der Waals surface area contributed by atoms with E-state index >= 15 is 4.39 Å². The maximum Gasteiger partial charge on any atom is 0.283 e. The number of rotatable bonds is 4. The van der Waals surface area contributed by atoms with Crippen LogP contribution in [-0.4, -0.2) is 58.2 Å². The van der Waals surface area contributed by atoms with Crippen LogP contribution in [0.5, 0.6) is 5.75 Å². The van der Waals surface area contributed by atoms with E-state index in [0.29, 0.717) is 31.0 Å². The molecule has 1 fully saturated rings. The fourth-order valence-corrected chi connectivity index (χ4v) is 4.58. The zero-order valence-electron chi connectivity index (χ0n) is 18.4. The summed E-state index contributed by atoms with van der Waals surface area (Å²) in [6.45, 7) is 6.84. The van der Waals surface area contributed by atoms with Gasteiger partial charge in [0.25, 0.3) is 5.56 Å². The molecule has 0 radical (unpaired) electrons. The number of benzene rings is 1. The Balaban J connectivity index is 1.90. The number of carbonyl (C=O) groups excluding carboxylic acids is 1. The molecule has 1 amide bonds. The van der Waals surface area contributed by atoms with Gasteiger partial charge in [-0.15, -0.1) is 0 Å². The first-order chi connectivity index (χ1) is 16.2. The second-order valence-electron chi connectivity index (χ2n) is 7.75. The number of hydrogen-bond donors (Lipinski definition) is 1. The Morgan fingerprint density at radius 3 is 2.68 bits per heavy atom. The van der Waals surface area contributed by atoms with Crippen molar-refractivity contribution in [2.24, 2.45) is 0 Å². The molecule has 0 aliphatic carbocycles. The van der Waals surface area contributed by atoms with Gasteiger partial charge in [0, 0.05) is 31.7 Å². The molecular formula is C22H21Cl2FN6O3. The van der Waals surface area contributed by atoms with Crippen LogP contribution in [-0.2, 0) is 4.79 Å². The summed E-state index contributed by atoms with van der Waals surface area (Å²) in [5.74, 6) is -0.531. The lowest BCUT2D eigenvalue weighted by molar-refractivity contribution is -0.126. The summed E-state index contributed by atoms with van der Waals surface area (Å²) in [6, 6.07) is 2.59. The zero-order valence-corrected chi connectivity index (χ0v) is 19.9. The molecule has 0 unspecified atom stereocenters. The minimum atomic E-state index is -0.898.